The van der Waals surface area contributed by atoms with E-state index in [4.69, 9.17) is 4.74 Å². The lowest BCUT2D eigenvalue weighted by Gasteiger charge is -2.31. The first-order valence-corrected chi connectivity index (χ1v) is 13.0. The maximum atomic E-state index is 13.6. The Morgan fingerprint density at radius 3 is 2.30 bits per heavy atom. The van der Waals surface area contributed by atoms with E-state index in [1.54, 1.807) is 17.0 Å². The molecular weight excluding hydrogens is 467 g/mol. The van der Waals surface area contributed by atoms with Crippen molar-refractivity contribution in [3.8, 4) is 5.75 Å². The summed E-state index contributed by atoms with van der Waals surface area (Å²) in [5.41, 5.74) is 2.89. The number of hydrogen-bond acceptors (Lipinski definition) is 3. The zero-order valence-corrected chi connectivity index (χ0v) is 21.8. The molecule has 196 valence electrons. The number of carbonyl (C=O) groups is 2. The molecule has 3 rings (SSSR count). The van der Waals surface area contributed by atoms with Crippen LogP contribution in [0.2, 0.25) is 0 Å². The van der Waals surface area contributed by atoms with Crippen molar-refractivity contribution in [1.82, 2.24) is 10.2 Å². The van der Waals surface area contributed by atoms with Gasteiger partial charge in [-0.1, -0.05) is 73.5 Å². The van der Waals surface area contributed by atoms with Gasteiger partial charge < -0.3 is 15.0 Å². The predicted octanol–water partition coefficient (Wildman–Crippen LogP) is 5.85. The second-order valence-electron chi connectivity index (χ2n) is 9.26. The molecule has 0 spiro atoms. The van der Waals surface area contributed by atoms with E-state index in [1.807, 2.05) is 61.5 Å². The van der Waals surface area contributed by atoms with Crippen LogP contribution in [0.1, 0.15) is 49.3 Å². The van der Waals surface area contributed by atoms with Crippen LogP contribution in [0.25, 0.3) is 0 Å². The zero-order chi connectivity index (χ0) is 26.5. The summed E-state index contributed by atoms with van der Waals surface area (Å²) < 4.78 is 19.3. The Morgan fingerprint density at radius 1 is 0.919 bits per heavy atom. The third-order valence-electron chi connectivity index (χ3n) is 6.19. The molecule has 0 fully saturated rings. The Hall–Kier alpha value is -3.67. The number of hydrogen-bond donors (Lipinski definition) is 1. The van der Waals surface area contributed by atoms with Crippen molar-refractivity contribution >= 4 is 11.8 Å². The number of nitrogens with zero attached hydrogens (tertiary/aromatic N) is 1. The van der Waals surface area contributed by atoms with E-state index in [9.17, 15) is 14.0 Å². The summed E-state index contributed by atoms with van der Waals surface area (Å²) in [4.78, 5) is 28.6. The molecule has 3 aromatic rings. The number of amides is 2. The van der Waals surface area contributed by atoms with Crippen molar-refractivity contribution in [2.75, 3.05) is 13.2 Å². The summed E-state index contributed by atoms with van der Waals surface area (Å²) in [5, 5.41) is 3.01. The molecule has 5 nitrogen and oxygen atoms in total. The number of carbonyl (C=O) groups excluding carboxylic acids is 2. The first-order chi connectivity index (χ1) is 18.0. The molecule has 0 aromatic heterocycles. The van der Waals surface area contributed by atoms with Crippen molar-refractivity contribution in [1.29, 1.82) is 0 Å². The van der Waals surface area contributed by atoms with Gasteiger partial charge >= 0.3 is 0 Å². The third kappa shape index (κ3) is 9.37. The van der Waals surface area contributed by atoms with Gasteiger partial charge in [-0.3, -0.25) is 9.59 Å². The molecule has 0 radical (unpaired) electrons. The molecule has 6 heteroatoms. The van der Waals surface area contributed by atoms with Gasteiger partial charge in [0.15, 0.2) is 0 Å². The molecule has 2 amide bonds. The van der Waals surface area contributed by atoms with Crippen molar-refractivity contribution in [3.05, 3.63) is 101 Å². The fraction of sp³-hybridized carbons (Fsp3) is 0.355. The third-order valence-corrected chi connectivity index (χ3v) is 6.19. The Bertz CT molecular complexity index is 1100. The summed E-state index contributed by atoms with van der Waals surface area (Å²) in [5.74, 6) is 0.110. The van der Waals surface area contributed by atoms with Crippen LogP contribution in [0.15, 0.2) is 78.9 Å². The number of ether oxygens (including phenoxy) is 1. The van der Waals surface area contributed by atoms with Crippen LogP contribution in [0.4, 0.5) is 4.39 Å². The fourth-order valence-corrected chi connectivity index (χ4v) is 4.04. The van der Waals surface area contributed by atoms with Gasteiger partial charge in [-0.05, 0) is 55.2 Å². The highest BCUT2D eigenvalue weighted by molar-refractivity contribution is 5.88. The number of rotatable bonds is 14. The molecule has 37 heavy (non-hydrogen) atoms. The van der Waals surface area contributed by atoms with Crippen LogP contribution in [-0.4, -0.2) is 35.9 Å². The summed E-state index contributed by atoms with van der Waals surface area (Å²) in [7, 11) is 0. The Labute approximate surface area is 219 Å². The second kappa shape index (κ2) is 14.8. The molecule has 0 aliphatic rings. The van der Waals surface area contributed by atoms with E-state index in [0.29, 0.717) is 26.0 Å². The van der Waals surface area contributed by atoms with E-state index in [2.05, 4.69) is 12.2 Å². The van der Waals surface area contributed by atoms with Crippen LogP contribution in [0.3, 0.4) is 0 Å². The molecule has 0 saturated carbocycles. The van der Waals surface area contributed by atoms with Crippen molar-refractivity contribution in [2.45, 2.75) is 58.5 Å². The van der Waals surface area contributed by atoms with Crippen LogP contribution >= 0.6 is 0 Å². The largest absolute Gasteiger partial charge is 0.494 e. The summed E-state index contributed by atoms with van der Waals surface area (Å²) in [6.07, 6.45) is 2.98. The monoisotopic (exact) mass is 504 g/mol. The minimum absolute atomic E-state index is 0.136. The second-order valence-corrected chi connectivity index (χ2v) is 9.26. The molecule has 1 atom stereocenters. The summed E-state index contributed by atoms with van der Waals surface area (Å²) in [6, 6.07) is 22.9. The van der Waals surface area contributed by atoms with Crippen molar-refractivity contribution < 1.29 is 18.7 Å². The molecule has 0 aliphatic carbocycles. The number of unbranched alkanes of at least 4 members (excludes halogenated alkanes) is 1. The lowest BCUT2D eigenvalue weighted by atomic mass is 10.0. The normalized spacial score (nSPS) is 11.5. The van der Waals surface area contributed by atoms with Gasteiger partial charge in [-0.25, -0.2) is 4.39 Å². The number of halogens is 1. The van der Waals surface area contributed by atoms with E-state index in [-0.39, 0.29) is 30.6 Å². The molecule has 0 saturated heterocycles. The highest BCUT2D eigenvalue weighted by atomic mass is 19.1. The molecule has 0 unspecified atom stereocenters. The minimum atomic E-state index is -0.685. The SMILES string of the molecule is CCCCNC(=O)[C@H](Cc1ccccc1)N(Cc1ccc(F)cc1)C(=O)CCCOc1ccc(C)cc1. The van der Waals surface area contributed by atoms with Gasteiger partial charge in [0.25, 0.3) is 0 Å². The molecule has 0 heterocycles. The van der Waals surface area contributed by atoms with Crippen LogP contribution < -0.4 is 10.1 Å². The maximum Gasteiger partial charge on any atom is 0.243 e. The molecule has 3 aromatic carbocycles. The first-order valence-electron chi connectivity index (χ1n) is 13.0. The summed E-state index contributed by atoms with van der Waals surface area (Å²) >= 11 is 0. The van der Waals surface area contributed by atoms with E-state index >= 15 is 0 Å². The predicted molar refractivity (Wildman–Crippen MR) is 145 cm³/mol. The van der Waals surface area contributed by atoms with Crippen LogP contribution in [0, 0.1) is 12.7 Å². The van der Waals surface area contributed by atoms with Gasteiger partial charge in [0.05, 0.1) is 6.61 Å². The van der Waals surface area contributed by atoms with Gasteiger partial charge in [0, 0.05) is 25.9 Å². The maximum absolute atomic E-state index is 13.6. The number of benzene rings is 3. The van der Waals surface area contributed by atoms with E-state index in [0.717, 1.165) is 35.3 Å². The standard InChI is InChI=1S/C31H37FN2O3/c1-3-4-20-33-31(36)29(22-25-9-6-5-7-10-25)34(23-26-14-16-27(32)17-15-26)30(35)11-8-21-37-28-18-12-24(2)13-19-28/h5-7,9-10,12-19,29H,3-4,8,11,20-23H2,1-2H3,(H,33,36)/t29-/m0/s1. The van der Waals surface area contributed by atoms with Gasteiger partial charge in [-0.2, -0.15) is 0 Å². The van der Waals surface area contributed by atoms with Crippen LogP contribution in [-0.2, 0) is 22.6 Å². The average molecular weight is 505 g/mol. The Morgan fingerprint density at radius 2 is 1.62 bits per heavy atom. The molecule has 0 bridgehead atoms. The smallest absolute Gasteiger partial charge is 0.243 e. The van der Waals surface area contributed by atoms with Gasteiger partial charge in [0.2, 0.25) is 11.8 Å². The number of nitrogens with one attached hydrogen (secondary N) is 1. The molecular formula is C31H37FN2O3. The highest BCUT2D eigenvalue weighted by Gasteiger charge is 2.30. The van der Waals surface area contributed by atoms with Crippen molar-refractivity contribution in [3.63, 3.8) is 0 Å². The van der Waals surface area contributed by atoms with Crippen molar-refractivity contribution in [2.24, 2.45) is 0 Å². The number of aryl methyl sites for hydroxylation is 1. The summed E-state index contributed by atoms with van der Waals surface area (Å²) in [6.45, 7) is 5.25. The van der Waals surface area contributed by atoms with E-state index in [1.165, 1.54) is 12.1 Å². The van der Waals surface area contributed by atoms with Gasteiger partial charge in [-0.15, -0.1) is 0 Å². The quantitative estimate of drug-likeness (QED) is 0.280. The average Bonchev–Trinajstić information content (AvgIpc) is 2.91. The Balaban J connectivity index is 1.76. The fourth-order valence-electron chi connectivity index (χ4n) is 4.04. The van der Waals surface area contributed by atoms with E-state index < -0.39 is 6.04 Å². The first kappa shape index (κ1) is 27.9. The zero-order valence-electron chi connectivity index (χ0n) is 21.8. The molecule has 1 N–H and O–H groups in total. The lowest BCUT2D eigenvalue weighted by molar-refractivity contribution is -0.141. The minimum Gasteiger partial charge on any atom is -0.494 e. The lowest BCUT2D eigenvalue weighted by Crippen LogP contribution is -2.50. The van der Waals surface area contributed by atoms with Gasteiger partial charge in [0.1, 0.15) is 17.6 Å². The van der Waals surface area contributed by atoms with Crippen LogP contribution in [0.5, 0.6) is 5.75 Å². The topological polar surface area (TPSA) is 58.6 Å². The Kier molecular flexibility index (Phi) is 11.2. The highest BCUT2D eigenvalue weighted by Crippen LogP contribution is 2.18. The molecule has 0 aliphatic heterocycles.